The van der Waals surface area contributed by atoms with Crippen LogP contribution in [-0.4, -0.2) is 0 Å². The van der Waals surface area contributed by atoms with E-state index in [2.05, 4.69) is 31.2 Å². The number of benzene rings is 1. The Balaban J connectivity index is 2.65. The summed E-state index contributed by atoms with van der Waals surface area (Å²) in [7, 11) is 0. The first-order valence-corrected chi connectivity index (χ1v) is 3.82. The number of aryl methyl sites for hydroxylation is 1. The summed E-state index contributed by atoms with van der Waals surface area (Å²) in [4.78, 5) is 0. The van der Waals surface area contributed by atoms with E-state index in [-0.39, 0.29) is 6.04 Å². The summed E-state index contributed by atoms with van der Waals surface area (Å²) in [5.74, 6) is 0. The van der Waals surface area contributed by atoms with Crippen molar-refractivity contribution in [2.75, 3.05) is 0 Å². The van der Waals surface area contributed by atoms with Gasteiger partial charge < -0.3 is 5.73 Å². The average molecular weight is 145 g/mol. The molecule has 1 nitrogen and oxygen atoms in total. The normalized spacial score (nSPS) is 20.4. The van der Waals surface area contributed by atoms with Crippen LogP contribution in [0, 0.1) is 6.92 Å². The van der Waals surface area contributed by atoms with Crippen molar-refractivity contribution in [3.05, 3.63) is 41.0 Å². The van der Waals surface area contributed by atoms with Crippen LogP contribution in [0.1, 0.15) is 22.7 Å². The van der Waals surface area contributed by atoms with Crippen LogP contribution < -0.4 is 5.73 Å². The monoisotopic (exact) mass is 145 g/mol. The van der Waals surface area contributed by atoms with Crippen molar-refractivity contribution in [3.8, 4) is 0 Å². The number of hydrogen-bond acceptors (Lipinski definition) is 1. The molecule has 11 heavy (non-hydrogen) atoms. The smallest absolute Gasteiger partial charge is 0.0493 e. The molecule has 1 aromatic carbocycles. The summed E-state index contributed by atoms with van der Waals surface area (Å²) >= 11 is 0. The summed E-state index contributed by atoms with van der Waals surface area (Å²) in [6.07, 6.45) is 4.13. The molecule has 0 spiro atoms. The van der Waals surface area contributed by atoms with Gasteiger partial charge >= 0.3 is 0 Å². The van der Waals surface area contributed by atoms with Gasteiger partial charge in [-0.3, -0.25) is 0 Å². The summed E-state index contributed by atoms with van der Waals surface area (Å²) in [5.41, 5.74) is 9.71. The van der Waals surface area contributed by atoms with Crippen LogP contribution in [0.15, 0.2) is 24.3 Å². The third kappa shape index (κ3) is 0.889. The fourth-order valence-corrected chi connectivity index (χ4v) is 1.61. The highest BCUT2D eigenvalue weighted by Gasteiger charge is 2.13. The van der Waals surface area contributed by atoms with Crippen molar-refractivity contribution in [1.82, 2.24) is 0 Å². The number of rotatable bonds is 0. The molecular weight excluding hydrogens is 134 g/mol. The molecule has 1 aliphatic carbocycles. The van der Waals surface area contributed by atoms with Crippen LogP contribution in [0.5, 0.6) is 0 Å². The van der Waals surface area contributed by atoms with Gasteiger partial charge in [0.1, 0.15) is 0 Å². The average Bonchev–Trinajstić information content (AvgIpc) is 2.34. The molecule has 1 unspecified atom stereocenters. The molecule has 0 heterocycles. The SMILES string of the molecule is Cc1cccc2c1C(N)C=C2. The fraction of sp³-hybridized carbons (Fsp3) is 0.200. The van der Waals surface area contributed by atoms with Crippen LogP contribution >= 0.6 is 0 Å². The van der Waals surface area contributed by atoms with Crippen LogP contribution in [0.25, 0.3) is 6.08 Å². The Bertz CT molecular complexity index is 313. The zero-order valence-electron chi connectivity index (χ0n) is 6.54. The van der Waals surface area contributed by atoms with Crippen molar-refractivity contribution in [2.45, 2.75) is 13.0 Å². The van der Waals surface area contributed by atoms with E-state index in [0.29, 0.717) is 0 Å². The third-order valence-corrected chi connectivity index (χ3v) is 2.17. The van der Waals surface area contributed by atoms with E-state index < -0.39 is 0 Å². The lowest BCUT2D eigenvalue weighted by molar-refractivity contribution is 0.919. The third-order valence-electron chi connectivity index (χ3n) is 2.17. The van der Waals surface area contributed by atoms with E-state index in [1.807, 2.05) is 6.08 Å². The summed E-state index contributed by atoms with van der Waals surface area (Å²) < 4.78 is 0. The quantitative estimate of drug-likeness (QED) is 0.593. The molecule has 1 aromatic rings. The second kappa shape index (κ2) is 2.21. The first-order chi connectivity index (χ1) is 5.29. The lowest BCUT2D eigenvalue weighted by Crippen LogP contribution is -2.06. The Kier molecular flexibility index (Phi) is 1.33. The zero-order valence-corrected chi connectivity index (χ0v) is 6.54. The van der Waals surface area contributed by atoms with Crippen molar-refractivity contribution >= 4 is 6.08 Å². The molecule has 0 saturated carbocycles. The van der Waals surface area contributed by atoms with Gasteiger partial charge in [0, 0.05) is 6.04 Å². The summed E-state index contributed by atoms with van der Waals surface area (Å²) in [5, 5.41) is 0. The van der Waals surface area contributed by atoms with Gasteiger partial charge in [0.15, 0.2) is 0 Å². The predicted molar refractivity (Wildman–Crippen MR) is 47.1 cm³/mol. The number of nitrogens with two attached hydrogens (primary N) is 1. The lowest BCUT2D eigenvalue weighted by Gasteiger charge is -2.07. The minimum absolute atomic E-state index is 0.117. The van der Waals surface area contributed by atoms with Crippen molar-refractivity contribution in [2.24, 2.45) is 5.73 Å². The van der Waals surface area contributed by atoms with Crippen LogP contribution in [-0.2, 0) is 0 Å². The van der Waals surface area contributed by atoms with Crippen molar-refractivity contribution in [1.29, 1.82) is 0 Å². The molecule has 0 bridgehead atoms. The Morgan fingerprint density at radius 3 is 2.91 bits per heavy atom. The molecule has 0 aromatic heterocycles. The Labute approximate surface area is 66.5 Å². The molecule has 0 aliphatic heterocycles. The van der Waals surface area contributed by atoms with E-state index in [0.717, 1.165) is 0 Å². The summed E-state index contributed by atoms with van der Waals surface area (Å²) in [6, 6.07) is 6.39. The highest BCUT2D eigenvalue weighted by atomic mass is 14.6. The van der Waals surface area contributed by atoms with Crippen molar-refractivity contribution < 1.29 is 0 Å². The van der Waals surface area contributed by atoms with Gasteiger partial charge in [-0.05, 0) is 23.6 Å². The molecule has 1 aliphatic rings. The molecule has 1 atom stereocenters. The number of fused-ring (bicyclic) bond motifs is 1. The fourth-order valence-electron chi connectivity index (χ4n) is 1.61. The second-order valence-electron chi connectivity index (χ2n) is 2.96. The molecular formula is C10H11N. The highest BCUT2D eigenvalue weighted by Crippen LogP contribution is 2.28. The standard InChI is InChI=1S/C10H11N/c1-7-3-2-4-8-5-6-9(11)10(7)8/h2-6,9H,11H2,1H3. The van der Waals surface area contributed by atoms with Gasteiger partial charge in [0.2, 0.25) is 0 Å². The molecule has 0 amide bonds. The highest BCUT2D eigenvalue weighted by molar-refractivity contribution is 5.63. The molecule has 1 heteroatoms. The maximum atomic E-state index is 5.86. The molecule has 56 valence electrons. The van der Waals surface area contributed by atoms with Gasteiger partial charge in [-0.2, -0.15) is 0 Å². The van der Waals surface area contributed by atoms with E-state index in [1.54, 1.807) is 0 Å². The lowest BCUT2D eigenvalue weighted by atomic mass is 10.0. The van der Waals surface area contributed by atoms with Gasteiger partial charge in [-0.25, -0.2) is 0 Å². The van der Waals surface area contributed by atoms with Crippen LogP contribution in [0.3, 0.4) is 0 Å². The Hall–Kier alpha value is -1.08. The first-order valence-electron chi connectivity index (χ1n) is 3.82. The molecule has 0 radical (unpaired) electrons. The minimum atomic E-state index is 0.117. The van der Waals surface area contributed by atoms with Gasteiger partial charge in [-0.1, -0.05) is 30.4 Å². The summed E-state index contributed by atoms with van der Waals surface area (Å²) in [6.45, 7) is 2.10. The number of hydrogen-bond donors (Lipinski definition) is 1. The molecule has 0 saturated heterocycles. The van der Waals surface area contributed by atoms with E-state index >= 15 is 0 Å². The van der Waals surface area contributed by atoms with Gasteiger partial charge in [0.25, 0.3) is 0 Å². The van der Waals surface area contributed by atoms with Gasteiger partial charge in [0.05, 0.1) is 0 Å². The van der Waals surface area contributed by atoms with E-state index in [4.69, 9.17) is 5.73 Å². The van der Waals surface area contributed by atoms with E-state index in [9.17, 15) is 0 Å². The maximum Gasteiger partial charge on any atom is 0.0493 e. The minimum Gasteiger partial charge on any atom is -0.321 e. The van der Waals surface area contributed by atoms with Crippen molar-refractivity contribution in [3.63, 3.8) is 0 Å². The Morgan fingerprint density at radius 1 is 1.36 bits per heavy atom. The topological polar surface area (TPSA) is 26.0 Å². The maximum absolute atomic E-state index is 5.86. The zero-order chi connectivity index (χ0) is 7.84. The first kappa shape index (κ1) is 6.62. The largest absolute Gasteiger partial charge is 0.321 e. The molecule has 0 fully saturated rings. The molecule has 2 rings (SSSR count). The predicted octanol–water partition coefficient (Wildman–Crippen LogP) is 2.02. The van der Waals surface area contributed by atoms with E-state index in [1.165, 1.54) is 16.7 Å². The van der Waals surface area contributed by atoms with Crippen LogP contribution in [0.2, 0.25) is 0 Å². The van der Waals surface area contributed by atoms with Crippen LogP contribution in [0.4, 0.5) is 0 Å². The second-order valence-corrected chi connectivity index (χ2v) is 2.96. The Morgan fingerprint density at radius 2 is 2.18 bits per heavy atom. The molecule has 2 N–H and O–H groups in total. The van der Waals surface area contributed by atoms with Gasteiger partial charge in [-0.15, -0.1) is 0 Å².